The summed E-state index contributed by atoms with van der Waals surface area (Å²) in [7, 11) is 0. The third kappa shape index (κ3) is 3.23. The molecule has 15 heavy (non-hydrogen) atoms. The number of allylic oxidation sites excluding steroid dienone is 4. The van der Waals surface area contributed by atoms with Crippen LogP contribution in [0.3, 0.4) is 0 Å². The van der Waals surface area contributed by atoms with E-state index in [4.69, 9.17) is 5.73 Å². The zero-order valence-corrected chi connectivity index (χ0v) is 8.26. The van der Waals surface area contributed by atoms with Gasteiger partial charge in [0.15, 0.2) is 0 Å². The van der Waals surface area contributed by atoms with E-state index in [2.05, 4.69) is 11.6 Å². The maximum atomic E-state index is 11.7. The molecule has 3 heteroatoms. The van der Waals surface area contributed by atoms with Crippen LogP contribution in [0.1, 0.15) is 10.5 Å². The number of ketones is 1. The second kappa shape index (κ2) is 5.54. The number of carbonyl (C=O) groups excluding carboxylic acids is 1. The SMILES string of the molecule is C=C(/C=C\C=C/N)C(=O)c1ccccn1. The van der Waals surface area contributed by atoms with Crippen molar-refractivity contribution in [1.82, 2.24) is 4.98 Å². The highest BCUT2D eigenvalue weighted by Gasteiger charge is 2.07. The van der Waals surface area contributed by atoms with Gasteiger partial charge in [-0.1, -0.05) is 24.8 Å². The Labute approximate surface area is 88.6 Å². The Kier molecular flexibility index (Phi) is 4.04. The standard InChI is InChI=1S/C12H12N2O/c1-10(6-2-4-8-13)12(15)11-7-3-5-9-14-11/h2-9H,1,13H2/b6-2-,8-4-. The number of nitrogens with zero attached hydrogens (tertiary/aromatic N) is 1. The topological polar surface area (TPSA) is 56.0 Å². The van der Waals surface area contributed by atoms with Gasteiger partial charge in [-0.15, -0.1) is 0 Å². The minimum Gasteiger partial charge on any atom is -0.405 e. The largest absolute Gasteiger partial charge is 0.405 e. The maximum Gasteiger partial charge on any atom is 0.210 e. The van der Waals surface area contributed by atoms with Crippen LogP contribution in [0.25, 0.3) is 0 Å². The number of carbonyl (C=O) groups is 1. The molecule has 0 aromatic carbocycles. The quantitative estimate of drug-likeness (QED) is 0.458. The van der Waals surface area contributed by atoms with Gasteiger partial charge in [0.25, 0.3) is 0 Å². The van der Waals surface area contributed by atoms with Crippen molar-refractivity contribution < 1.29 is 4.79 Å². The Balaban J connectivity index is 2.74. The fourth-order valence-electron chi connectivity index (χ4n) is 0.973. The molecule has 1 aromatic heterocycles. The molecule has 0 aliphatic rings. The molecule has 0 aliphatic carbocycles. The molecule has 1 heterocycles. The van der Waals surface area contributed by atoms with Crippen molar-refractivity contribution >= 4 is 5.78 Å². The molecule has 1 aromatic rings. The molecular weight excluding hydrogens is 188 g/mol. The zero-order valence-electron chi connectivity index (χ0n) is 8.26. The maximum absolute atomic E-state index is 11.7. The summed E-state index contributed by atoms with van der Waals surface area (Å²) in [5.41, 5.74) is 5.92. The normalized spacial score (nSPS) is 10.9. The molecule has 0 radical (unpaired) electrons. The molecule has 0 unspecified atom stereocenters. The summed E-state index contributed by atoms with van der Waals surface area (Å²) in [6, 6.07) is 5.17. The average Bonchev–Trinajstić information content (AvgIpc) is 2.29. The molecule has 0 saturated heterocycles. The molecule has 76 valence electrons. The van der Waals surface area contributed by atoms with E-state index < -0.39 is 0 Å². The molecule has 3 nitrogen and oxygen atoms in total. The summed E-state index contributed by atoms with van der Waals surface area (Å²) in [6.45, 7) is 3.65. The third-order valence-electron chi connectivity index (χ3n) is 1.71. The van der Waals surface area contributed by atoms with E-state index in [1.54, 1.807) is 42.6 Å². The molecule has 0 aliphatic heterocycles. The summed E-state index contributed by atoms with van der Waals surface area (Å²) in [4.78, 5) is 15.6. The molecule has 0 bridgehead atoms. The van der Waals surface area contributed by atoms with E-state index in [-0.39, 0.29) is 5.78 Å². The van der Waals surface area contributed by atoms with Gasteiger partial charge in [-0.05, 0) is 24.4 Å². The number of nitrogens with two attached hydrogens (primary N) is 1. The van der Waals surface area contributed by atoms with E-state index in [1.807, 2.05) is 0 Å². The Morgan fingerprint density at radius 3 is 2.80 bits per heavy atom. The van der Waals surface area contributed by atoms with Crippen molar-refractivity contribution in [2.75, 3.05) is 0 Å². The lowest BCUT2D eigenvalue weighted by molar-refractivity contribution is 0.103. The minimum absolute atomic E-state index is 0.183. The van der Waals surface area contributed by atoms with Gasteiger partial charge in [0.1, 0.15) is 5.69 Å². The predicted molar refractivity (Wildman–Crippen MR) is 60.2 cm³/mol. The third-order valence-corrected chi connectivity index (χ3v) is 1.71. The summed E-state index contributed by atoms with van der Waals surface area (Å²) < 4.78 is 0. The number of hydrogen-bond donors (Lipinski definition) is 1. The van der Waals surface area contributed by atoms with Crippen LogP contribution in [0.15, 0.2) is 61.0 Å². The molecule has 0 fully saturated rings. The van der Waals surface area contributed by atoms with Crippen molar-refractivity contribution in [3.63, 3.8) is 0 Å². The van der Waals surface area contributed by atoms with E-state index in [9.17, 15) is 4.79 Å². The second-order valence-electron chi connectivity index (χ2n) is 2.81. The van der Waals surface area contributed by atoms with Gasteiger partial charge in [0.2, 0.25) is 5.78 Å². The van der Waals surface area contributed by atoms with E-state index in [0.29, 0.717) is 11.3 Å². The summed E-state index contributed by atoms with van der Waals surface area (Å²) in [5, 5.41) is 0. The lowest BCUT2D eigenvalue weighted by Crippen LogP contribution is -2.02. The highest BCUT2D eigenvalue weighted by molar-refractivity contribution is 6.08. The van der Waals surface area contributed by atoms with E-state index >= 15 is 0 Å². The zero-order chi connectivity index (χ0) is 11.1. The number of pyridine rings is 1. The fourth-order valence-corrected chi connectivity index (χ4v) is 0.973. The first-order chi connectivity index (χ1) is 7.25. The Morgan fingerprint density at radius 2 is 2.20 bits per heavy atom. The van der Waals surface area contributed by atoms with Crippen molar-refractivity contribution in [3.8, 4) is 0 Å². The number of Topliss-reactive ketones (excluding diaryl/α,β-unsaturated/α-hetero) is 1. The number of aromatic nitrogens is 1. The average molecular weight is 200 g/mol. The van der Waals surface area contributed by atoms with Gasteiger partial charge in [-0.25, -0.2) is 0 Å². The summed E-state index contributed by atoms with van der Waals surface area (Å²) >= 11 is 0. The highest BCUT2D eigenvalue weighted by Crippen LogP contribution is 2.04. The van der Waals surface area contributed by atoms with Gasteiger partial charge < -0.3 is 5.73 Å². The predicted octanol–water partition coefficient (Wildman–Crippen LogP) is 1.85. The minimum atomic E-state index is -0.183. The summed E-state index contributed by atoms with van der Waals surface area (Å²) in [5.74, 6) is -0.183. The van der Waals surface area contributed by atoms with Crippen LogP contribution in [0, 0.1) is 0 Å². The number of hydrogen-bond acceptors (Lipinski definition) is 3. The van der Waals surface area contributed by atoms with E-state index in [0.717, 1.165) is 0 Å². The number of rotatable bonds is 4. The van der Waals surface area contributed by atoms with Gasteiger partial charge in [0.05, 0.1) is 0 Å². The van der Waals surface area contributed by atoms with E-state index in [1.165, 1.54) is 6.20 Å². The Morgan fingerprint density at radius 1 is 1.40 bits per heavy atom. The molecule has 1 rings (SSSR count). The fraction of sp³-hybridized carbons (Fsp3) is 0. The molecule has 0 amide bonds. The molecule has 0 spiro atoms. The second-order valence-corrected chi connectivity index (χ2v) is 2.81. The first-order valence-electron chi connectivity index (χ1n) is 4.45. The lowest BCUT2D eigenvalue weighted by Gasteiger charge is -1.97. The molecule has 0 atom stereocenters. The molecular formula is C12H12N2O. The summed E-state index contributed by atoms with van der Waals surface area (Å²) in [6.07, 6.45) is 7.83. The van der Waals surface area contributed by atoms with Crippen LogP contribution >= 0.6 is 0 Å². The van der Waals surface area contributed by atoms with Crippen molar-refractivity contribution in [2.45, 2.75) is 0 Å². The smallest absolute Gasteiger partial charge is 0.210 e. The molecule has 0 saturated carbocycles. The molecule has 2 N–H and O–H groups in total. The van der Waals surface area contributed by atoms with Gasteiger partial charge in [0, 0.05) is 11.8 Å². The van der Waals surface area contributed by atoms with Crippen LogP contribution < -0.4 is 5.73 Å². The van der Waals surface area contributed by atoms with Crippen LogP contribution in [0.4, 0.5) is 0 Å². The van der Waals surface area contributed by atoms with Gasteiger partial charge in [-0.2, -0.15) is 0 Å². The van der Waals surface area contributed by atoms with Gasteiger partial charge in [-0.3, -0.25) is 9.78 Å². The Hall–Kier alpha value is -2.16. The van der Waals surface area contributed by atoms with Crippen LogP contribution in [0.2, 0.25) is 0 Å². The van der Waals surface area contributed by atoms with Crippen molar-refractivity contribution in [1.29, 1.82) is 0 Å². The van der Waals surface area contributed by atoms with Gasteiger partial charge >= 0.3 is 0 Å². The first-order valence-corrected chi connectivity index (χ1v) is 4.45. The highest BCUT2D eigenvalue weighted by atomic mass is 16.1. The van der Waals surface area contributed by atoms with Crippen LogP contribution in [-0.4, -0.2) is 10.8 Å². The Bertz CT molecular complexity index is 405. The van der Waals surface area contributed by atoms with Crippen molar-refractivity contribution in [3.05, 3.63) is 66.7 Å². The van der Waals surface area contributed by atoms with Crippen LogP contribution in [-0.2, 0) is 0 Å². The van der Waals surface area contributed by atoms with Crippen LogP contribution in [0.5, 0.6) is 0 Å². The lowest BCUT2D eigenvalue weighted by atomic mass is 10.1. The van der Waals surface area contributed by atoms with Crippen molar-refractivity contribution in [2.24, 2.45) is 5.73 Å². The monoisotopic (exact) mass is 200 g/mol. The first kappa shape index (κ1) is 10.9.